The molecule has 3 aromatic heterocycles. The number of amides is 1. The average Bonchev–Trinajstić information content (AvgIpc) is 3.27. The van der Waals surface area contributed by atoms with E-state index in [4.69, 9.17) is 5.73 Å². The molecular formula is C17H12F3N7O. The minimum absolute atomic E-state index is 0.150. The second-order valence-corrected chi connectivity index (χ2v) is 5.81. The molecule has 0 atom stereocenters. The van der Waals surface area contributed by atoms with Gasteiger partial charge in [0.2, 0.25) is 0 Å². The minimum Gasteiger partial charge on any atom is -0.384 e. The molecule has 0 fully saturated rings. The number of hydrogen-bond donors (Lipinski definition) is 2. The zero-order valence-corrected chi connectivity index (χ0v) is 14.1. The first-order valence-electron chi connectivity index (χ1n) is 7.96. The van der Waals surface area contributed by atoms with Gasteiger partial charge in [-0.2, -0.15) is 23.4 Å². The lowest BCUT2D eigenvalue weighted by atomic mass is 10.2. The molecule has 0 saturated heterocycles. The van der Waals surface area contributed by atoms with E-state index in [1.54, 1.807) is 6.20 Å². The number of anilines is 2. The largest absolute Gasteiger partial charge is 0.416 e. The van der Waals surface area contributed by atoms with Crippen LogP contribution in [0.1, 0.15) is 15.9 Å². The number of nitrogen functional groups attached to an aromatic ring is 1. The van der Waals surface area contributed by atoms with E-state index in [1.807, 2.05) is 0 Å². The number of nitrogens with two attached hydrogens (primary N) is 1. The fourth-order valence-electron chi connectivity index (χ4n) is 2.64. The molecule has 0 aliphatic carbocycles. The Labute approximate surface area is 155 Å². The number of hydrogen-bond acceptors (Lipinski definition) is 5. The summed E-state index contributed by atoms with van der Waals surface area (Å²) in [6.45, 7) is 0. The van der Waals surface area contributed by atoms with Gasteiger partial charge in [-0.15, -0.1) is 0 Å². The Kier molecular flexibility index (Phi) is 3.99. The van der Waals surface area contributed by atoms with Gasteiger partial charge in [-0.1, -0.05) is 6.07 Å². The lowest BCUT2D eigenvalue weighted by molar-refractivity contribution is -0.137. The topological polar surface area (TPSA) is 103 Å². The molecule has 0 saturated carbocycles. The van der Waals surface area contributed by atoms with E-state index in [0.29, 0.717) is 0 Å². The number of aromatic nitrogens is 5. The Morgan fingerprint density at radius 1 is 1.14 bits per heavy atom. The van der Waals surface area contributed by atoms with Gasteiger partial charge in [0, 0.05) is 12.3 Å². The number of rotatable bonds is 3. The molecule has 0 spiro atoms. The molecule has 4 rings (SSSR count). The normalized spacial score (nSPS) is 11.7. The van der Waals surface area contributed by atoms with Crippen molar-refractivity contribution >= 4 is 23.2 Å². The van der Waals surface area contributed by atoms with Gasteiger partial charge in [-0.3, -0.25) is 4.79 Å². The van der Waals surface area contributed by atoms with Crippen molar-refractivity contribution in [3.8, 4) is 5.69 Å². The third kappa shape index (κ3) is 3.13. The van der Waals surface area contributed by atoms with Gasteiger partial charge >= 0.3 is 6.18 Å². The van der Waals surface area contributed by atoms with E-state index < -0.39 is 17.6 Å². The summed E-state index contributed by atoms with van der Waals surface area (Å²) < 4.78 is 41.5. The van der Waals surface area contributed by atoms with Gasteiger partial charge in [0.15, 0.2) is 5.65 Å². The minimum atomic E-state index is -4.49. The first-order chi connectivity index (χ1) is 13.3. The Bertz CT molecular complexity index is 1180. The quantitative estimate of drug-likeness (QED) is 0.563. The summed E-state index contributed by atoms with van der Waals surface area (Å²) in [6.07, 6.45) is -0.249. The van der Waals surface area contributed by atoms with Gasteiger partial charge in [0.25, 0.3) is 5.91 Å². The molecule has 3 N–H and O–H groups in total. The Morgan fingerprint density at radius 2 is 1.96 bits per heavy atom. The molecule has 3 heterocycles. The highest BCUT2D eigenvalue weighted by Crippen LogP contribution is 2.30. The summed E-state index contributed by atoms with van der Waals surface area (Å²) in [7, 11) is 0. The first-order valence-corrected chi connectivity index (χ1v) is 7.96. The maximum Gasteiger partial charge on any atom is 0.416 e. The molecule has 142 valence electrons. The molecule has 0 unspecified atom stereocenters. The highest BCUT2D eigenvalue weighted by Gasteiger charge is 2.30. The summed E-state index contributed by atoms with van der Waals surface area (Å²) in [6, 6.07) is 7.62. The van der Waals surface area contributed by atoms with Crippen molar-refractivity contribution in [2.75, 3.05) is 11.1 Å². The number of nitrogens with one attached hydrogen (secondary N) is 1. The molecular weight excluding hydrogens is 375 g/mol. The number of halogens is 3. The maximum atomic E-state index is 13.0. The van der Waals surface area contributed by atoms with E-state index in [1.165, 1.54) is 45.9 Å². The summed E-state index contributed by atoms with van der Waals surface area (Å²) in [5.74, 6) is -0.148. The number of nitrogens with zero attached hydrogens (tertiary/aromatic N) is 5. The number of alkyl halides is 3. The second kappa shape index (κ2) is 6.37. The van der Waals surface area contributed by atoms with Crippen molar-refractivity contribution in [3.63, 3.8) is 0 Å². The molecule has 8 nitrogen and oxygen atoms in total. The second-order valence-electron chi connectivity index (χ2n) is 5.81. The van der Waals surface area contributed by atoms with Crippen molar-refractivity contribution in [2.24, 2.45) is 0 Å². The highest BCUT2D eigenvalue weighted by atomic mass is 19.4. The van der Waals surface area contributed by atoms with Gasteiger partial charge < -0.3 is 11.1 Å². The van der Waals surface area contributed by atoms with Crippen LogP contribution >= 0.6 is 0 Å². The predicted molar refractivity (Wildman–Crippen MR) is 93.9 cm³/mol. The van der Waals surface area contributed by atoms with Crippen LogP contribution in [0.3, 0.4) is 0 Å². The SMILES string of the molecule is Nc1ccn2ncc(C(=O)Nc3ccnn3-c3cccc(C(F)(F)F)c3)c2n1. The van der Waals surface area contributed by atoms with Crippen molar-refractivity contribution in [1.29, 1.82) is 0 Å². The molecule has 4 aromatic rings. The van der Waals surface area contributed by atoms with Crippen LogP contribution in [0.2, 0.25) is 0 Å². The summed E-state index contributed by atoms with van der Waals surface area (Å²) >= 11 is 0. The number of benzene rings is 1. The van der Waals surface area contributed by atoms with E-state index in [0.717, 1.165) is 12.1 Å². The van der Waals surface area contributed by atoms with Crippen LogP contribution in [0.4, 0.5) is 24.8 Å². The Hall–Kier alpha value is -3.89. The summed E-state index contributed by atoms with van der Waals surface area (Å²) in [4.78, 5) is 16.7. The summed E-state index contributed by atoms with van der Waals surface area (Å²) in [5.41, 5.74) is 5.39. The van der Waals surface area contributed by atoms with Crippen molar-refractivity contribution in [1.82, 2.24) is 24.4 Å². The third-order valence-electron chi connectivity index (χ3n) is 3.94. The maximum absolute atomic E-state index is 13.0. The lowest BCUT2D eigenvalue weighted by Crippen LogP contribution is -2.16. The van der Waals surface area contributed by atoms with Gasteiger partial charge in [0.1, 0.15) is 17.2 Å². The van der Waals surface area contributed by atoms with Crippen LogP contribution in [-0.2, 0) is 6.18 Å². The fourth-order valence-corrected chi connectivity index (χ4v) is 2.64. The Morgan fingerprint density at radius 3 is 2.75 bits per heavy atom. The fraction of sp³-hybridized carbons (Fsp3) is 0.0588. The van der Waals surface area contributed by atoms with Crippen LogP contribution in [0.15, 0.2) is 55.0 Å². The monoisotopic (exact) mass is 387 g/mol. The van der Waals surface area contributed by atoms with Crippen LogP contribution in [0.25, 0.3) is 11.3 Å². The molecule has 0 aliphatic heterocycles. The van der Waals surface area contributed by atoms with Crippen molar-refractivity contribution in [3.05, 3.63) is 66.1 Å². The molecule has 11 heteroatoms. The number of carbonyl (C=O) groups excluding carboxylic acids is 1. The Balaban J connectivity index is 1.66. The molecule has 1 amide bonds. The van der Waals surface area contributed by atoms with Crippen LogP contribution in [0.5, 0.6) is 0 Å². The van der Waals surface area contributed by atoms with Gasteiger partial charge in [-0.25, -0.2) is 14.2 Å². The smallest absolute Gasteiger partial charge is 0.384 e. The van der Waals surface area contributed by atoms with E-state index >= 15 is 0 Å². The first kappa shape index (κ1) is 17.5. The zero-order valence-electron chi connectivity index (χ0n) is 14.1. The lowest BCUT2D eigenvalue weighted by Gasteiger charge is -2.11. The van der Waals surface area contributed by atoms with E-state index in [-0.39, 0.29) is 28.5 Å². The molecule has 0 bridgehead atoms. The van der Waals surface area contributed by atoms with Crippen molar-refractivity contribution < 1.29 is 18.0 Å². The summed E-state index contributed by atoms with van der Waals surface area (Å²) in [5, 5.41) is 10.6. The predicted octanol–water partition coefficient (Wildman–Crippen LogP) is 2.77. The van der Waals surface area contributed by atoms with E-state index in [2.05, 4.69) is 20.5 Å². The molecule has 0 radical (unpaired) electrons. The third-order valence-corrected chi connectivity index (χ3v) is 3.94. The number of carbonyl (C=O) groups is 1. The molecule has 1 aromatic carbocycles. The van der Waals surface area contributed by atoms with Gasteiger partial charge in [-0.05, 0) is 24.3 Å². The van der Waals surface area contributed by atoms with E-state index in [9.17, 15) is 18.0 Å². The molecule has 28 heavy (non-hydrogen) atoms. The number of fused-ring (bicyclic) bond motifs is 1. The van der Waals surface area contributed by atoms with Crippen LogP contribution < -0.4 is 11.1 Å². The average molecular weight is 387 g/mol. The highest BCUT2D eigenvalue weighted by molar-refractivity contribution is 6.07. The van der Waals surface area contributed by atoms with Crippen LogP contribution in [-0.4, -0.2) is 30.3 Å². The zero-order chi connectivity index (χ0) is 19.9. The van der Waals surface area contributed by atoms with Crippen LogP contribution in [0, 0.1) is 0 Å². The van der Waals surface area contributed by atoms with Crippen molar-refractivity contribution in [2.45, 2.75) is 6.18 Å². The van der Waals surface area contributed by atoms with Gasteiger partial charge in [0.05, 0.1) is 23.6 Å². The standard InChI is InChI=1S/C17H12F3N7O/c18-17(19,20)10-2-1-3-11(8-10)27-14(4-6-22-27)25-16(28)12-9-23-26-7-5-13(21)24-15(12)26/h1-9H,(H2,21,24)(H,25,28). The molecule has 0 aliphatic rings.